The Kier molecular flexibility index (Phi) is 10.1. The summed E-state index contributed by atoms with van der Waals surface area (Å²) in [6, 6.07) is 44.2. The summed E-state index contributed by atoms with van der Waals surface area (Å²) in [5.74, 6) is 0. The topological polar surface area (TPSA) is 89.5 Å². The van der Waals surface area contributed by atoms with Gasteiger partial charge in [0.25, 0.3) is 0 Å². The second-order valence-electron chi connectivity index (χ2n) is 10.4. The maximum Gasteiger partial charge on any atom is 3.00 e. The smallest absolute Gasteiger partial charge is 0.573 e. The van der Waals surface area contributed by atoms with E-state index >= 15 is 0 Å². The van der Waals surface area contributed by atoms with E-state index in [-0.39, 0.29) is 25.8 Å². The second kappa shape index (κ2) is 13.9. The number of benzene rings is 2. The Balaban J connectivity index is 0.000000541. The first-order chi connectivity index (χ1) is 20.4. The van der Waals surface area contributed by atoms with Gasteiger partial charge < -0.3 is 10.2 Å². The van der Waals surface area contributed by atoms with Crippen molar-refractivity contribution in [3.63, 3.8) is 0 Å². The second-order valence-corrected chi connectivity index (χ2v) is 10.4. The number of aromatic nitrogens is 5. The van der Waals surface area contributed by atoms with Crippen molar-refractivity contribution in [1.29, 1.82) is 5.26 Å². The van der Waals surface area contributed by atoms with Crippen molar-refractivity contribution in [2.75, 3.05) is 0 Å². The van der Waals surface area contributed by atoms with Gasteiger partial charge in [-0.3, -0.25) is 15.0 Å². The molecule has 7 heteroatoms. The molecule has 212 valence electrons. The van der Waals surface area contributed by atoms with Crippen molar-refractivity contribution in [1.82, 2.24) is 25.1 Å². The monoisotopic (exact) mass is 738 g/mol. The minimum atomic E-state index is -0.539. The summed E-state index contributed by atoms with van der Waals surface area (Å²) >= 11 is 0. The van der Waals surface area contributed by atoms with Crippen LogP contribution in [0.3, 0.4) is 0 Å². The molecule has 6 nitrogen and oxygen atoms in total. The number of nitrogens with zero attached hydrogens (tertiary/aromatic N) is 6. The molecule has 0 spiro atoms. The van der Waals surface area contributed by atoms with Gasteiger partial charge in [-0.1, -0.05) is 23.9 Å². The largest absolute Gasteiger partial charge is 3.00 e. The Bertz CT molecular complexity index is 1710. The van der Waals surface area contributed by atoms with Crippen molar-refractivity contribution < 1.29 is 20.1 Å². The first-order valence-corrected chi connectivity index (χ1v) is 13.6. The predicted octanol–water partition coefficient (Wildman–Crippen LogP) is 6.73. The molecule has 0 bridgehead atoms. The zero-order valence-corrected chi connectivity index (χ0v) is 26.5. The standard InChI is InChI=1S/C31H24N5.C5H5N.Ir/c1-30(2,27-17-10-16-25(33-27)26-20-24(21-32)35-36-26)28-18-11-19-29(34-28)31(3,22-12-6-4-7-13-22)23-14-8-5-9-15-23;1-2-4-6-5-3-1;/h4-12,14,16-20H,1-3H3;1-5H;/q-3;;+3. The van der Waals surface area contributed by atoms with Gasteiger partial charge in [0, 0.05) is 28.9 Å². The molecule has 0 saturated heterocycles. The van der Waals surface area contributed by atoms with Crippen molar-refractivity contribution in [3.05, 3.63) is 168 Å². The van der Waals surface area contributed by atoms with Crippen LogP contribution in [0.5, 0.6) is 0 Å². The van der Waals surface area contributed by atoms with Gasteiger partial charge >= 0.3 is 20.1 Å². The SMILES string of the molecule is CC(C)(c1cccc(-c2cc(C#N)n[n-]2)n1)c1cccc(C(C)(c2[c-]cccc2)c2[c-]cccc2)n1.[Ir+3].c1ccncc1. The van der Waals surface area contributed by atoms with Crippen LogP contribution in [0.25, 0.3) is 11.4 Å². The van der Waals surface area contributed by atoms with Crippen LogP contribution in [0, 0.1) is 23.5 Å². The van der Waals surface area contributed by atoms with Crippen LogP contribution in [-0.2, 0) is 30.9 Å². The normalized spacial score (nSPS) is 10.9. The summed E-state index contributed by atoms with van der Waals surface area (Å²) in [6.07, 6.45) is 3.50. The molecule has 0 atom stereocenters. The van der Waals surface area contributed by atoms with E-state index < -0.39 is 10.8 Å². The molecule has 0 saturated carbocycles. The average Bonchev–Trinajstić information content (AvgIpc) is 3.56. The van der Waals surface area contributed by atoms with Crippen molar-refractivity contribution in [3.8, 4) is 17.5 Å². The summed E-state index contributed by atoms with van der Waals surface area (Å²) in [4.78, 5) is 13.9. The predicted molar refractivity (Wildman–Crippen MR) is 162 cm³/mol. The maximum atomic E-state index is 9.10. The van der Waals surface area contributed by atoms with Crippen LogP contribution in [0.1, 0.15) is 54.7 Å². The van der Waals surface area contributed by atoms with Crippen LogP contribution in [0.4, 0.5) is 0 Å². The third-order valence-corrected chi connectivity index (χ3v) is 7.27. The van der Waals surface area contributed by atoms with Gasteiger partial charge in [0.05, 0.1) is 17.1 Å². The van der Waals surface area contributed by atoms with E-state index in [1.54, 1.807) is 18.5 Å². The zero-order chi connectivity index (χ0) is 29.4. The molecule has 6 aromatic rings. The summed E-state index contributed by atoms with van der Waals surface area (Å²) in [5, 5.41) is 17.1. The molecule has 0 aliphatic carbocycles. The molecule has 0 fully saturated rings. The number of hydrogen-bond donors (Lipinski definition) is 0. The maximum absolute atomic E-state index is 9.10. The fourth-order valence-electron chi connectivity index (χ4n) is 4.74. The van der Waals surface area contributed by atoms with E-state index in [0.717, 1.165) is 28.2 Å². The first kappa shape index (κ1) is 31.2. The summed E-state index contributed by atoms with van der Waals surface area (Å²) in [6.45, 7) is 6.40. The van der Waals surface area contributed by atoms with Crippen LogP contribution >= 0.6 is 0 Å². The van der Waals surface area contributed by atoms with Gasteiger partial charge in [0.1, 0.15) is 11.8 Å². The molecule has 4 aromatic heterocycles. The summed E-state index contributed by atoms with van der Waals surface area (Å²) < 4.78 is 0. The van der Waals surface area contributed by atoms with E-state index in [9.17, 15) is 0 Å². The van der Waals surface area contributed by atoms with Crippen molar-refractivity contribution >= 4 is 0 Å². The molecule has 2 aromatic carbocycles. The Morgan fingerprint density at radius 1 is 0.698 bits per heavy atom. The Morgan fingerprint density at radius 3 is 1.81 bits per heavy atom. The fraction of sp³-hybridized carbons (Fsp3) is 0.139. The van der Waals surface area contributed by atoms with Crippen molar-refractivity contribution in [2.45, 2.75) is 31.6 Å². The van der Waals surface area contributed by atoms with Gasteiger partial charge in [-0.15, -0.1) is 11.1 Å². The fourth-order valence-corrected chi connectivity index (χ4v) is 4.74. The van der Waals surface area contributed by atoms with Gasteiger partial charge in [0.15, 0.2) is 0 Å². The molecular weight excluding hydrogens is 709 g/mol. The van der Waals surface area contributed by atoms with Crippen LogP contribution < -0.4 is 5.10 Å². The average molecular weight is 738 g/mol. The van der Waals surface area contributed by atoms with Gasteiger partial charge in [-0.05, 0) is 63.2 Å². The third-order valence-electron chi connectivity index (χ3n) is 7.27. The minimum absolute atomic E-state index is 0. The molecule has 6 rings (SSSR count). The number of hydrogen-bond acceptors (Lipinski definition) is 5. The molecule has 0 aliphatic heterocycles. The van der Waals surface area contributed by atoms with E-state index in [1.807, 2.05) is 84.9 Å². The Morgan fingerprint density at radius 2 is 1.30 bits per heavy atom. The third kappa shape index (κ3) is 6.84. The van der Waals surface area contributed by atoms with E-state index in [4.69, 9.17) is 15.2 Å². The van der Waals surface area contributed by atoms with Crippen molar-refractivity contribution in [2.24, 2.45) is 0 Å². The molecule has 0 amide bonds. The van der Waals surface area contributed by atoms with Crippen LogP contribution in [0.2, 0.25) is 0 Å². The van der Waals surface area contributed by atoms with Gasteiger partial charge in [-0.25, -0.2) is 0 Å². The Hall–Kier alpha value is -4.76. The summed E-state index contributed by atoms with van der Waals surface area (Å²) in [5.41, 5.74) is 5.21. The molecule has 0 radical (unpaired) electrons. The molecule has 0 unspecified atom stereocenters. The van der Waals surface area contributed by atoms with E-state index in [1.165, 1.54) is 0 Å². The Labute approximate surface area is 266 Å². The van der Waals surface area contributed by atoms with E-state index in [0.29, 0.717) is 11.4 Å². The molecular formula is C36H29IrN6. The number of nitriles is 1. The van der Waals surface area contributed by atoms with Gasteiger partial charge in [0.2, 0.25) is 0 Å². The molecule has 0 aliphatic rings. The van der Waals surface area contributed by atoms with Gasteiger partial charge in [-0.2, -0.15) is 65.9 Å². The molecule has 43 heavy (non-hydrogen) atoms. The molecule has 4 heterocycles. The number of rotatable bonds is 6. The number of pyridine rings is 3. The quantitative estimate of drug-likeness (QED) is 0.176. The summed E-state index contributed by atoms with van der Waals surface area (Å²) in [7, 11) is 0. The first-order valence-electron chi connectivity index (χ1n) is 13.6. The molecule has 0 N–H and O–H groups in total. The minimum Gasteiger partial charge on any atom is -0.573 e. The van der Waals surface area contributed by atoms with E-state index in [2.05, 4.69) is 72.4 Å². The zero-order valence-electron chi connectivity index (χ0n) is 24.1. The van der Waals surface area contributed by atoms with Crippen LogP contribution in [-0.4, -0.2) is 20.1 Å². The van der Waals surface area contributed by atoms with Crippen LogP contribution in [0.15, 0.2) is 122 Å².